The molecule has 0 aromatic heterocycles. The number of nitrogens with zero attached hydrogens (tertiary/aromatic N) is 1. The third-order valence-corrected chi connectivity index (χ3v) is 3.77. The zero-order valence-electron chi connectivity index (χ0n) is 13.8. The Balaban J connectivity index is 1.79. The normalized spacial score (nSPS) is 11.0. The van der Waals surface area contributed by atoms with E-state index in [1.807, 2.05) is 12.1 Å². The monoisotopic (exact) mass is 347 g/mol. The Bertz CT molecular complexity index is 972. The average molecular weight is 347 g/mol. The van der Waals surface area contributed by atoms with Crippen LogP contribution in [0.15, 0.2) is 72.8 Å². The van der Waals surface area contributed by atoms with E-state index in [1.54, 1.807) is 54.6 Å². The molecule has 0 radical (unpaired) electrons. The van der Waals surface area contributed by atoms with Gasteiger partial charge in [-0.2, -0.15) is 5.26 Å². The highest BCUT2D eigenvalue weighted by atomic mass is 19.1. The molecule has 0 N–H and O–H groups in total. The van der Waals surface area contributed by atoms with Crippen LogP contribution in [0.25, 0.3) is 11.6 Å². The standard InChI is InChI=1S/C22H15F2NO/c23-19-10-8-16(9-11-19)15-26-20-5-3-4-17(13-20)12-18(14-25)21-6-1-2-7-22(21)24/h1-13H,15H2/b18-12-. The van der Waals surface area contributed by atoms with Crippen LogP contribution in [0.1, 0.15) is 16.7 Å². The molecule has 2 nitrogen and oxygen atoms in total. The molecule has 3 aromatic rings. The Morgan fingerprint density at radius 1 is 0.962 bits per heavy atom. The van der Waals surface area contributed by atoms with Gasteiger partial charge in [-0.3, -0.25) is 0 Å². The first-order chi connectivity index (χ1) is 12.7. The Morgan fingerprint density at radius 3 is 2.46 bits per heavy atom. The molecule has 0 aliphatic carbocycles. The fourth-order valence-electron chi connectivity index (χ4n) is 2.46. The van der Waals surface area contributed by atoms with E-state index in [0.717, 1.165) is 11.1 Å². The van der Waals surface area contributed by atoms with Crippen LogP contribution in [0.2, 0.25) is 0 Å². The molecule has 0 saturated carbocycles. The van der Waals surface area contributed by atoms with Gasteiger partial charge in [-0.1, -0.05) is 42.5 Å². The minimum absolute atomic E-state index is 0.235. The van der Waals surface area contributed by atoms with Gasteiger partial charge in [0.25, 0.3) is 0 Å². The summed E-state index contributed by atoms with van der Waals surface area (Å²) in [5.74, 6) is -0.129. The van der Waals surface area contributed by atoms with Gasteiger partial charge in [-0.15, -0.1) is 0 Å². The molecule has 0 bridgehead atoms. The number of allylic oxidation sites excluding steroid dienone is 1. The van der Waals surface area contributed by atoms with Crippen molar-refractivity contribution in [3.8, 4) is 11.8 Å². The third kappa shape index (κ3) is 4.34. The van der Waals surface area contributed by atoms with Gasteiger partial charge in [0.1, 0.15) is 24.0 Å². The van der Waals surface area contributed by atoms with Gasteiger partial charge in [-0.25, -0.2) is 8.78 Å². The van der Waals surface area contributed by atoms with Crippen molar-refractivity contribution in [1.82, 2.24) is 0 Å². The Hall–Kier alpha value is -3.45. The SMILES string of the molecule is N#C/C(=C/c1cccc(OCc2ccc(F)cc2)c1)c1ccccc1F. The first-order valence-corrected chi connectivity index (χ1v) is 8.00. The van der Waals surface area contributed by atoms with Gasteiger partial charge in [-0.05, 0) is 47.5 Å². The zero-order valence-corrected chi connectivity index (χ0v) is 13.8. The van der Waals surface area contributed by atoms with Crippen LogP contribution in [0.3, 0.4) is 0 Å². The largest absolute Gasteiger partial charge is 0.489 e. The van der Waals surface area contributed by atoms with Crippen molar-refractivity contribution in [1.29, 1.82) is 5.26 Å². The van der Waals surface area contributed by atoms with Crippen LogP contribution in [0.4, 0.5) is 8.78 Å². The van der Waals surface area contributed by atoms with Crippen molar-refractivity contribution < 1.29 is 13.5 Å². The van der Waals surface area contributed by atoms with Crippen molar-refractivity contribution in [3.63, 3.8) is 0 Å². The average Bonchev–Trinajstić information content (AvgIpc) is 2.67. The van der Waals surface area contributed by atoms with E-state index < -0.39 is 5.82 Å². The minimum Gasteiger partial charge on any atom is -0.489 e. The van der Waals surface area contributed by atoms with E-state index >= 15 is 0 Å². The first-order valence-electron chi connectivity index (χ1n) is 8.00. The maximum absolute atomic E-state index is 13.9. The van der Waals surface area contributed by atoms with Crippen molar-refractivity contribution in [3.05, 3.63) is 101 Å². The van der Waals surface area contributed by atoms with Gasteiger partial charge in [0, 0.05) is 5.56 Å². The molecule has 26 heavy (non-hydrogen) atoms. The summed E-state index contributed by atoms with van der Waals surface area (Å²) >= 11 is 0. The lowest BCUT2D eigenvalue weighted by atomic mass is 10.0. The quantitative estimate of drug-likeness (QED) is 0.444. The van der Waals surface area contributed by atoms with Crippen molar-refractivity contribution in [2.24, 2.45) is 0 Å². The lowest BCUT2D eigenvalue weighted by molar-refractivity contribution is 0.306. The number of nitriles is 1. The minimum atomic E-state index is -0.441. The molecule has 0 fully saturated rings. The van der Waals surface area contributed by atoms with Crippen LogP contribution >= 0.6 is 0 Å². The molecular formula is C22H15F2NO. The molecule has 128 valence electrons. The first kappa shape index (κ1) is 17.4. The number of benzene rings is 3. The molecule has 3 rings (SSSR count). The summed E-state index contributed by atoms with van der Waals surface area (Å²) in [6.45, 7) is 0.297. The van der Waals surface area contributed by atoms with Gasteiger partial charge in [0.2, 0.25) is 0 Å². The van der Waals surface area contributed by atoms with E-state index in [2.05, 4.69) is 0 Å². The molecule has 0 aliphatic rings. The highest BCUT2D eigenvalue weighted by Crippen LogP contribution is 2.23. The number of halogens is 2. The third-order valence-electron chi connectivity index (χ3n) is 3.77. The van der Waals surface area contributed by atoms with Gasteiger partial charge in [0.15, 0.2) is 0 Å². The van der Waals surface area contributed by atoms with E-state index in [0.29, 0.717) is 12.4 Å². The predicted octanol–water partition coefficient (Wildman–Crippen LogP) is 5.61. The number of hydrogen-bond acceptors (Lipinski definition) is 2. The summed E-state index contributed by atoms with van der Waals surface area (Å²) in [6.07, 6.45) is 1.61. The maximum Gasteiger partial charge on any atom is 0.131 e. The molecule has 0 aliphatic heterocycles. The Morgan fingerprint density at radius 2 is 1.73 bits per heavy atom. The summed E-state index contributed by atoms with van der Waals surface area (Å²) < 4.78 is 32.5. The van der Waals surface area contributed by atoms with Crippen molar-refractivity contribution >= 4 is 11.6 Å². The fourth-order valence-corrected chi connectivity index (χ4v) is 2.46. The van der Waals surface area contributed by atoms with Gasteiger partial charge in [0.05, 0.1) is 11.6 Å². The molecular weight excluding hydrogens is 332 g/mol. The van der Waals surface area contributed by atoms with Crippen molar-refractivity contribution in [2.45, 2.75) is 6.61 Å². The fraction of sp³-hybridized carbons (Fsp3) is 0.0455. The second kappa shape index (κ2) is 8.09. The maximum atomic E-state index is 13.9. The Kier molecular flexibility index (Phi) is 5.40. The molecule has 0 amide bonds. The molecule has 3 aromatic carbocycles. The molecule has 0 saturated heterocycles. The summed E-state index contributed by atoms with van der Waals surface area (Å²) in [5, 5.41) is 9.36. The summed E-state index contributed by atoms with van der Waals surface area (Å²) in [5.41, 5.74) is 2.06. The second-order valence-corrected chi connectivity index (χ2v) is 5.64. The van der Waals surface area contributed by atoms with Gasteiger partial charge < -0.3 is 4.74 Å². The number of hydrogen-bond donors (Lipinski definition) is 0. The summed E-state index contributed by atoms with van der Waals surface area (Å²) in [7, 11) is 0. The molecule has 0 atom stereocenters. The van der Waals surface area contributed by atoms with E-state index in [4.69, 9.17) is 4.74 Å². The van der Waals surface area contributed by atoms with E-state index in [1.165, 1.54) is 18.2 Å². The zero-order chi connectivity index (χ0) is 18.4. The molecule has 0 heterocycles. The lowest BCUT2D eigenvalue weighted by Crippen LogP contribution is -1.95. The molecule has 0 spiro atoms. The molecule has 4 heteroatoms. The smallest absolute Gasteiger partial charge is 0.131 e. The second-order valence-electron chi connectivity index (χ2n) is 5.64. The van der Waals surface area contributed by atoms with Crippen LogP contribution in [-0.2, 0) is 6.61 Å². The van der Waals surface area contributed by atoms with E-state index in [9.17, 15) is 14.0 Å². The lowest BCUT2D eigenvalue weighted by Gasteiger charge is -2.07. The van der Waals surface area contributed by atoms with Crippen LogP contribution in [0.5, 0.6) is 5.75 Å². The van der Waals surface area contributed by atoms with Crippen molar-refractivity contribution in [2.75, 3.05) is 0 Å². The van der Waals surface area contributed by atoms with Crippen LogP contribution in [0, 0.1) is 23.0 Å². The topological polar surface area (TPSA) is 33.0 Å². The number of ether oxygens (including phenoxy) is 1. The van der Waals surface area contributed by atoms with Gasteiger partial charge >= 0.3 is 0 Å². The highest BCUT2D eigenvalue weighted by Gasteiger charge is 2.07. The van der Waals surface area contributed by atoms with Crippen LogP contribution in [-0.4, -0.2) is 0 Å². The molecule has 0 unspecified atom stereocenters. The number of rotatable bonds is 5. The Labute approximate surface area is 150 Å². The summed E-state index contributed by atoms with van der Waals surface area (Å²) in [6, 6.07) is 21.4. The van der Waals surface area contributed by atoms with E-state index in [-0.39, 0.29) is 17.0 Å². The predicted molar refractivity (Wildman–Crippen MR) is 97.1 cm³/mol. The van der Waals surface area contributed by atoms with Crippen LogP contribution < -0.4 is 4.74 Å². The summed E-state index contributed by atoms with van der Waals surface area (Å²) in [4.78, 5) is 0. The highest BCUT2D eigenvalue weighted by molar-refractivity contribution is 5.89.